The summed E-state index contributed by atoms with van der Waals surface area (Å²) in [5, 5.41) is 4.36. The monoisotopic (exact) mass is 261 g/mol. The first kappa shape index (κ1) is 10.8. The van der Waals surface area contributed by atoms with Crippen LogP contribution in [0.1, 0.15) is 0 Å². The second kappa shape index (κ2) is 4.15. The first-order valence-electron chi connectivity index (χ1n) is 5.13. The molecule has 0 radical (unpaired) electrons. The van der Waals surface area contributed by atoms with Gasteiger partial charge in [0.25, 0.3) is 0 Å². The molecule has 90 valence electrons. The van der Waals surface area contributed by atoms with Crippen LogP contribution in [0.5, 0.6) is 0 Å². The summed E-state index contributed by atoms with van der Waals surface area (Å²) in [6, 6.07) is 6.73. The van der Waals surface area contributed by atoms with E-state index in [9.17, 15) is 0 Å². The van der Waals surface area contributed by atoms with Gasteiger partial charge in [0.05, 0.1) is 0 Å². The highest BCUT2D eigenvalue weighted by Gasteiger charge is 2.10. The van der Waals surface area contributed by atoms with E-state index in [2.05, 4.69) is 15.1 Å². The van der Waals surface area contributed by atoms with Gasteiger partial charge in [-0.25, -0.2) is 14.6 Å². The zero-order chi connectivity index (χ0) is 12.5. The fraction of sp³-hybridized carbons (Fsp3) is 0. The van der Waals surface area contributed by atoms with Crippen LogP contribution in [-0.4, -0.2) is 19.7 Å². The van der Waals surface area contributed by atoms with E-state index in [1.807, 2.05) is 0 Å². The highest BCUT2D eigenvalue weighted by atomic mass is 35.5. The lowest BCUT2D eigenvalue weighted by Gasteiger charge is -2.03. The number of nitrogens with two attached hydrogens (primary N) is 1. The van der Waals surface area contributed by atoms with Crippen LogP contribution in [0.4, 0.5) is 5.82 Å². The van der Waals surface area contributed by atoms with Gasteiger partial charge in [-0.3, -0.25) is 0 Å². The first-order chi connectivity index (χ1) is 8.72. The Bertz CT molecular complexity index is 677. The molecular formula is C11H8ClN5O. The number of furan rings is 1. The number of rotatable bonds is 2. The number of nitrogens with zero attached hydrogens (tertiary/aromatic N) is 4. The quantitative estimate of drug-likeness (QED) is 0.764. The minimum atomic E-state index is 0.275. The maximum absolute atomic E-state index is 5.74. The van der Waals surface area contributed by atoms with E-state index in [0.717, 1.165) is 0 Å². The predicted octanol–water partition coefficient (Wildman–Crippen LogP) is 2.16. The van der Waals surface area contributed by atoms with E-state index >= 15 is 0 Å². The van der Waals surface area contributed by atoms with Crippen molar-refractivity contribution in [1.82, 2.24) is 19.7 Å². The van der Waals surface area contributed by atoms with Crippen molar-refractivity contribution >= 4 is 17.4 Å². The summed E-state index contributed by atoms with van der Waals surface area (Å²) in [7, 11) is 0. The van der Waals surface area contributed by atoms with Gasteiger partial charge in [0.1, 0.15) is 5.82 Å². The fourth-order valence-electron chi connectivity index (χ4n) is 1.52. The molecule has 0 saturated carbocycles. The summed E-state index contributed by atoms with van der Waals surface area (Å²) >= 11 is 5.72. The van der Waals surface area contributed by atoms with Crippen LogP contribution in [0, 0.1) is 0 Å². The standard InChI is InChI=1S/C11H8ClN5O/c12-8-3-2-7(18-8)11-15-9(13)6-10(16-11)17-5-1-4-14-17/h1-6H,(H2,13,15,16). The number of halogens is 1. The molecule has 0 aliphatic heterocycles. The molecule has 0 atom stereocenters. The van der Waals surface area contributed by atoms with E-state index in [0.29, 0.717) is 23.2 Å². The van der Waals surface area contributed by atoms with E-state index in [1.165, 1.54) is 0 Å². The van der Waals surface area contributed by atoms with Gasteiger partial charge in [-0.2, -0.15) is 5.10 Å². The molecule has 0 aromatic carbocycles. The molecule has 3 heterocycles. The molecule has 0 fully saturated rings. The van der Waals surface area contributed by atoms with Gasteiger partial charge in [-0.1, -0.05) is 0 Å². The van der Waals surface area contributed by atoms with E-state index in [4.69, 9.17) is 21.8 Å². The van der Waals surface area contributed by atoms with E-state index < -0.39 is 0 Å². The topological polar surface area (TPSA) is 82.8 Å². The number of hydrogen-bond acceptors (Lipinski definition) is 5. The highest BCUT2D eigenvalue weighted by molar-refractivity contribution is 6.28. The number of nitrogen functional groups attached to an aromatic ring is 1. The minimum Gasteiger partial charge on any atom is -0.441 e. The van der Waals surface area contributed by atoms with Crippen molar-refractivity contribution in [2.24, 2.45) is 0 Å². The molecule has 0 amide bonds. The van der Waals surface area contributed by atoms with Crippen molar-refractivity contribution in [3.8, 4) is 17.4 Å². The Labute approximate surface area is 107 Å². The summed E-state index contributed by atoms with van der Waals surface area (Å²) in [6.07, 6.45) is 3.42. The Kier molecular flexibility index (Phi) is 2.49. The van der Waals surface area contributed by atoms with E-state index in [1.54, 1.807) is 41.3 Å². The summed E-state index contributed by atoms with van der Waals surface area (Å²) < 4.78 is 6.84. The Morgan fingerprint density at radius 3 is 2.83 bits per heavy atom. The Balaban J connectivity index is 2.11. The lowest BCUT2D eigenvalue weighted by atomic mass is 10.4. The summed E-state index contributed by atoms with van der Waals surface area (Å²) in [6.45, 7) is 0. The normalized spacial score (nSPS) is 10.7. The molecule has 6 nitrogen and oxygen atoms in total. The summed E-state index contributed by atoms with van der Waals surface area (Å²) in [4.78, 5) is 8.42. The van der Waals surface area contributed by atoms with Crippen molar-refractivity contribution in [1.29, 1.82) is 0 Å². The molecule has 0 spiro atoms. The average Bonchev–Trinajstić information content (AvgIpc) is 2.98. The minimum absolute atomic E-state index is 0.275. The van der Waals surface area contributed by atoms with Crippen LogP contribution in [0.25, 0.3) is 17.4 Å². The molecule has 0 bridgehead atoms. The molecule has 0 unspecified atom stereocenters. The highest BCUT2D eigenvalue weighted by Crippen LogP contribution is 2.23. The smallest absolute Gasteiger partial charge is 0.199 e. The van der Waals surface area contributed by atoms with Crippen LogP contribution < -0.4 is 5.73 Å². The zero-order valence-electron chi connectivity index (χ0n) is 9.12. The van der Waals surface area contributed by atoms with Gasteiger partial charge in [-0.15, -0.1) is 0 Å². The number of aromatic nitrogens is 4. The maximum Gasteiger partial charge on any atom is 0.199 e. The number of anilines is 1. The summed E-state index contributed by atoms with van der Waals surface area (Å²) in [5.74, 6) is 1.72. The lowest BCUT2D eigenvalue weighted by Crippen LogP contribution is -2.03. The predicted molar refractivity (Wildman–Crippen MR) is 66.3 cm³/mol. The van der Waals surface area contributed by atoms with Crippen LogP contribution in [0.15, 0.2) is 41.1 Å². The molecular weight excluding hydrogens is 254 g/mol. The second-order valence-corrected chi connectivity index (χ2v) is 3.90. The molecule has 3 aromatic rings. The Morgan fingerprint density at radius 2 is 2.17 bits per heavy atom. The fourth-order valence-corrected chi connectivity index (χ4v) is 1.67. The van der Waals surface area contributed by atoms with Crippen molar-refractivity contribution in [2.75, 3.05) is 5.73 Å². The van der Waals surface area contributed by atoms with Crippen molar-refractivity contribution < 1.29 is 4.42 Å². The van der Waals surface area contributed by atoms with Gasteiger partial charge in [0.15, 0.2) is 22.6 Å². The third kappa shape index (κ3) is 1.93. The average molecular weight is 262 g/mol. The first-order valence-corrected chi connectivity index (χ1v) is 5.50. The molecule has 0 aliphatic carbocycles. The SMILES string of the molecule is Nc1cc(-n2cccn2)nc(-c2ccc(Cl)o2)n1. The largest absolute Gasteiger partial charge is 0.441 e. The van der Waals surface area contributed by atoms with Crippen LogP contribution in [-0.2, 0) is 0 Å². The molecule has 7 heteroatoms. The van der Waals surface area contributed by atoms with Crippen molar-refractivity contribution in [3.63, 3.8) is 0 Å². The van der Waals surface area contributed by atoms with Gasteiger partial charge in [0.2, 0.25) is 0 Å². The molecule has 3 rings (SSSR count). The Hall–Kier alpha value is -2.34. The molecule has 18 heavy (non-hydrogen) atoms. The Morgan fingerprint density at radius 1 is 1.28 bits per heavy atom. The van der Waals surface area contributed by atoms with Gasteiger partial charge >= 0.3 is 0 Å². The third-order valence-electron chi connectivity index (χ3n) is 2.27. The van der Waals surface area contributed by atoms with Crippen LogP contribution in [0.3, 0.4) is 0 Å². The number of hydrogen-bond donors (Lipinski definition) is 1. The molecule has 3 aromatic heterocycles. The molecule has 2 N–H and O–H groups in total. The van der Waals surface area contributed by atoms with Crippen LogP contribution >= 0.6 is 11.6 Å². The molecule has 0 saturated heterocycles. The second-order valence-electron chi connectivity index (χ2n) is 3.53. The van der Waals surface area contributed by atoms with Gasteiger partial charge < -0.3 is 10.2 Å². The van der Waals surface area contributed by atoms with Crippen molar-refractivity contribution in [2.45, 2.75) is 0 Å². The summed E-state index contributed by atoms with van der Waals surface area (Å²) in [5.41, 5.74) is 5.74. The molecule has 0 aliphatic rings. The zero-order valence-corrected chi connectivity index (χ0v) is 9.87. The van der Waals surface area contributed by atoms with Crippen molar-refractivity contribution in [3.05, 3.63) is 41.9 Å². The van der Waals surface area contributed by atoms with Crippen LogP contribution in [0.2, 0.25) is 5.22 Å². The third-order valence-corrected chi connectivity index (χ3v) is 2.47. The maximum atomic E-state index is 5.74. The van der Waals surface area contributed by atoms with Gasteiger partial charge in [0, 0.05) is 18.5 Å². The lowest BCUT2D eigenvalue weighted by molar-refractivity contribution is 0.579. The van der Waals surface area contributed by atoms with Gasteiger partial charge in [-0.05, 0) is 29.8 Å². The van der Waals surface area contributed by atoms with E-state index in [-0.39, 0.29) is 5.22 Å².